The fourth-order valence-electron chi connectivity index (χ4n) is 2.99. The summed E-state index contributed by atoms with van der Waals surface area (Å²) in [7, 11) is 3.22. The summed E-state index contributed by atoms with van der Waals surface area (Å²) >= 11 is 6.20. The van der Waals surface area contributed by atoms with Crippen LogP contribution >= 0.6 is 11.6 Å². The van der Waals surface area contributed by atoms with Gasteiger partial charge in [0.25, 0.3) is 0 Å². The van der Waals surface area contributed by atoms with Gasteiger partial charge in [0.15, 0.2) is 0 Å². The molecule has 0 saturated heterocycles. The minimum absolute atomic E-state index is 0.139. The lowest BCUT2D eigenvalue weighted by Crippen LogP contribution is -2.17. The van der Waals surface area contributed by atoms with E-state index in [1.165, 1.54) is 0 Å². The number of hydrogen-bond acceptors (Lipinski definition) is 5. The SMILES string of the molecule is CCc1nc(-c2c(OC)cc(Cl)cc2OC)c(CC)nc1OC(CC)CC. The number of rotatable bonds is 9. The predicted molar refractivity (Wildman–Crippen MR) is 109 cm³/mol. The summed E-state index contributed by atoms with van der Waals surface area (Å²) in [6.45, 7) is 8.34. The van der Waals surface area contributed by atoms with E-state index in [9.17, 15) is 0 Å². The molecule has 0 saturated carbocycles. The zero-order valence-corrected chi connectivity index (χ0v) is 17.8. The lowest BCUT2D eigenvalue weighted by Gasteiger charge is -2.20. The molecule has 0 aliphatic rings. The zero-order chi connectivity index (χ0) is 20.0. The maximum Gasteiger partial charge on any atom is 0.236 e. The average Bonchev–Trinajstić information content (AvgIpc) is 2.70. The van der Waals surface area contributed by atoms with Gasteiger partial charge in [-0.05, 0) is 37.8 Å². The van der Waals surface area contributed by atoms with Crippen molar-refractivity contribution in [2.45, 2.75) is 59.5 Å². The van der Waals surface area contributed by atoms with Crippen molar-refractivity contribution in [2.75, 3.05) is 14.2 Å². The molecule has 1 heterocycles. The van der Waals surface area contributed by atoms with Gasteiger partial charge in [-0.15, -0.1) is 0 Å². The second-order valence-electron chi connectivity index (χ2n) is 6.22. The highest BCUT2D eigenvalue weighted by Crippen LogP contribution is 2.42. The number of benzene rings is 1. The fraction of sp³-hybridized carbons (Fsp3) is 0.524. The van der Waals surface area contributed by atoms with E-state index in [1.807, 2.05) is 0 Å². The fourth-order valence-corrected chi connectivity index (χ4v) is 3.18. The molecule has 0 amide bonds. The summed E-state index contributed by atoms with van der Waals surface area (Å²) in [5.74, 6) is 1.84. The number of hydrogen-bond donors (Lipinski definition) is 0. The van der Waals surface area contributed by atoms with E-state index < -0.39 is 0 Å². The maximum atomic E-state index is 6.20. The van der Waals surface area contributed by atoms with Crippen LogP contribution in [-0.4, -0.2) is 30.3 Å². The molecule has 0 atom stereocenters. The highest BCUT2D eigenvalue weighted by Gasteiger charge is 2.22. The van der Waals surface area contributed by atoms with Crippen molar-refractivity contribution in [2.24, 2.45) is 0 Å². The number of ether oxygens (including phenoxy) is 3. The molecule has 6 heteroatoms. The Kier molecular flexibility index (Phi) is 7.72. The number of methoxy groups -OCH3 is 2. The molecule has 148 valence electrons. The molecule has 0 unspecified atom stereocenters. The van der Waals surface area contributed by atoms with Crippen LogP contribution in [-0.2, 0) is 12.8 Å². The van der Waals surface area contributed by atoms with Crippen LogP contribution in [0.1, 0.15) is 51.9 Å². The maximum absolute atomic E-state index is 6.20. The Balaban J connectivity index is 2.68. The normalized spacial score (nSPS) is 11.0. The third-order valence-corrected chi connectivity index (χ3v) is 4.79. The second-order valence-corrected chi connectivity index (χ2v) is 6.66. The quantitative estimate of drug-likeness (QED) is 0.563. The summed E-state index contributed by atoms with van der Waals surface area (Å²) in [6, 6.07) is 3.53. The molecule has 0 fully saturated rings. The third kappa shape index (κ3) is 4.64. The third-order valence-electron chi connectivity index (χ3n) is 4.57. The summed E-state index contributed by atoms with van der Waals surface area (Å²) in [5, 5.41) is 0.544. The highest BCUT2D eigenvalue weighted by molar-refractivity contribution is 6.31. The molecule has 0 aliphatic carbocycles. The minimum Gasteiger partial charge on any atom is -0.496 e. The molecule has 2 rings (SSSR count). The van der Waals surface area contributed by atoms with Crippen molar-refractivity contribution >= 4 is 11.6 Å². The standard InChI is InChI=1S/C21H29ClN2O3/c1-7-14(8-2)27-21-16(10-4)23-20(15(9-3)24-21)19-17(25-5)11-13(22)12-18(19)26-6/h11-12,14H,7-10H2,1-6H3. The lowest BCUT2D eigenvalue weighted by atomic mass is 10.0. The van der Waals surface area contributed by atoms with Crippen molar-refractivity contribution in [3.05, 3.63) is 28.5 Å². The monoisotopic (exact) mass is 392 g/mol. The van der Waals surface area contributed by atoms with Gasteiger partial charge >= 0.3 is 0 Å². The van der Waals surface area contributed by atoms with E-state index >= 15 is 0 Å². The minimum atomic E-state index is 0.139. The molecular formula is C21H29ClN2O3. The Morgan fingerprint density at radius 1 is 0.889 bits per heavy atom. The molecule has 1 aromatic carbocycles. The molecule has 0 bridgehead atoms. The van der Waals surface area contributed by atoms with Gasteiger partial charge in [-0.3, -0.25) is 0 Å². The summed E-state index contributed by atoms with van der Waals surface area (Å²) in [5.41, 5.74) is 3.18. The van der Waals surface area contributed by atoms with Crippen LogP contribution in [0.25, 0.3) is 11.3 Å². The first kappa shape index (κ1) is 21.3. The Morgan fingerprint density at radius 2 is 1.44 bits per heavy atom. The summed E-state index contributed by atoms with van der Waals surface area (Å²) < 4.78 is 17.3. The predicted octanol–water partition coefficient (Wildman–Crippen LogP) is 5.51. The topological polar surface area (TPSA) is 53.5 Å². The molecule has 27 heavy (non-hydrogen) atoms. The number of halogens is 1. The van der Waals surface area contributed by atoms with Gasteiger partial charge in [0.1, 0.15) is 17.2 Å². The van der Waals surface area contributed by atoms with Crippen LogP contribution in [0.15, 0.2) is 12.1 Å². The second kappa shape index (κ2) is 9.79. The van der Waals surface area contributed by atoms with Crippen LogP contribution in [0, 0.1) is 0 Å². The van der Waals surface area contributed by atoms with Gasteiger partial charge < -0.3 is 14.2 Å². The first-order valence-electron chi connectivity index (χ1n) is 9.50. The lowest BCUT2D eigenvalue weighted by molar-refractivity contribution is 0.181. The van der Waals surface area contributed by atoms with Crippen molar-refractivity contribution in [3.8, 4) is 28.6 Å². The van der Waals surface area contributed by atoms with Gasteiger partial charge in [0.2, 0.25) is 5.88 Å². The van der Waals surface area contributed by atoms with Crippen molar-refractivity contribution in [1.29, 1.82) is 0 Å². The molecular weight excluding hydrogens is 364 g/mol. The molecule has 0 spiro atoms. The zero-order valence-electron chi connectivity index (χ0n) is 17.1. The molecule has 0 N–H and O–H groups in total. The Morgan fingerprint density at radius 3 is 1.89 bits per heavy atom. The van der Waals surface area contributed by atoms with Crippen molar-refractivity contribution < 1.29 is 14.2 Å². The molecule has 5 nitrogen and oxygen atoms in total. The van der Waals surface area contributed by atoms with Crippen LogP contribution in [0.3, 0.4) is 0 Å². The van der Waals surface area contributed by atoms with Crippen LogP contribution < -0.4 is 14.2 Å². The molecule has 1 aromatic heterocycles. The first-order chi connectivity index (χ1) is 13.0. The Bertz CT molecular complexity index is 751. The van der Waals surface area contributed by atoms with Gasteiger partial charge in [-0.2, -0.15) is 0 Å². The van der Waals surface area contributed by atoms with Crippen LogP contribution in [0.4, 0.5) is 0 Å². The van der Waals surface area contributed by atoms with Crippen LogP contribution in [0.5, 0.6) is 17.4 Å². The van der Waals surface area contributed by atoms with E-state index in [0.29, 0.717) is 28.8 Å². The molecule has 2 aromatic rings. The van der Waals surface area contributed by atoms with E-state index in [4.69, 9.17) is 35.8 Å². The van der Waals surface area contributed by atoms with E-state index in [2.05, 4.69) is 27.7 Å². The van der Waals surface area contributed by atoms with Gasteiger partial charge in [-0.25, -0.2) is 9.97 Å². The highest BCUT2D eigenvalue weighted by atomic mass is 35.5. The number of aromatic nitrogens is 2. The molecule has 0 radical (unpaired) electrons. The van der Waals surface area contributed by atoms with E-state index in [-0.39, 0.29) is 6.10 Å². The smallest absolute Gasteiger partial charge is 0.236 e. The summed E-state index contributed by atoms with van der Waals surface area (Å²) in [4.78, 5) is 9.73. The van der Waals surface area contributed by atoms with Gasteiger partial charge in [-0.1, -0.05) is 39.3 Å². The Labute approximate surface area is 167 Å². The van der Waals surface area contributed by atoms with Gasteiger partial charge in [0, 0.05) is 5.02 Å². The largest absolute Gasteiger partial charge is 0.496 e. The van der Waals surface area contributed by atoms with Crippen molar-refractivity contribution in [1.82, 2.24) is 9.97 Å². The first-order valence-corrected chi connectivity index (χ1v) is 9.88. The number of aryl methyl sites for hydroxylation is 2. The summed E-state index contributed by atoms with van der Waals surface area (Å²) in [6.07, 6.45) is 3.44. The number of nitrogens with zero attached hydrogens (tertiary/aromatic N) is 2. The van der Waals surface area contributed by atoms with Gasteiger partial charge in [0.05, 0.1) is 37.3 Å². The van der Waals surface area contributed by atoms with Crippen molar-refractivity contribution in [3.63, 3.8) is 0 Å². The van der Waals surface area contributed by atoms with Crippen LogP contribution in [0.2, 0.25) is 5.02 Å². The van der Waals surface area contributed by atoms with E-state index in [0.717, 1.165) is 41.9 Å². The average molecular weight is 393 g/mol. The van der Waals surface area contributed by atoms with E-state index in [1.54, 1.807) is 26.4 Å². The molecule has 0 aliphatic heterocycles. The Hall–Kier alpha value is -2.01.